The van der Waals surface area contributed by atoms with Crippen molar-refractivity contribution in [2.45, 2.75) is 69.7 Å². The van der Waals surface area contributed by atoms with Crippen molar-refractivity contribution in [1.82, 2.24) is 15.1 Å². The van der Waals surface area contributed by atoms with Gasteiger partial charge in [-0.3, -0.25) is 14.6 Å². The van der Waals surface area contributed by atoms with E-state index >= 15 is 0 Å². The molecule has 1 unspecified atom stereocenters. The molecule has 3 aromatic carbocycles. The zero-order valence-corrected chi connectivity index (χ0v) is 31.3. The van der Waals surface area contributed by atoms with Crippen LogP contribution in [0.1, 0.15) is 57.4 Å². The molecule has 4 aliphatic rings. The molecular weight excluding hydrogens is 692 g/mol. The number of nitrogens with one attached hydrogen (secondary N) is 1. The molecule has 0 aromatic heterocycles. The van der Waals surface area contributed by atoms with Gasteiger partial charge in [0.05, 0.1) is 25.3 Å². The van der Waals surface area contributed by atoms with Crippen LogP contribution in [0.3, 0.4) is 0 Å². The number of nitrogens with zero attached hydrogens (tertiary/aromatic N) is 3. The number of fused-ring (bicyclic) bond motifs is 9. The van der Waals surface area contributed by atoms with Crippen molar-refractivity contribution < 1.29 is 42.7 Å². The van der Waals surface area contributed by atoms with Crippen molar-refractivity contribution in [1.29, 1.82) is 5.26 Å². The van der Waals surface area contributed by atoms with Crippen molar-refractivity contribution in [3.63, 3.8) is 0 Å². The number of carbonyl (C=O) groups is 2. The zero-order valence-electron chi connectivity index (χ0n) is 31.3. The van der Waals surface area contributed by atoms with E-state index in [1.807, 2.05) is 51.2 Å². The van der Waals surface area contributed by atoms with Gasteiger partial charge in [-0.1, -0.05) is 49.1 Å². The third-order valence-electron chi connectivity index (χ3n) is 11.0. The van der Waals surface area contributed by atoms with Crippen molar-refractivity contribution in [2.75, 3.05) is 48.0 Å². The van der Waals surface area contributed by atoms with E-state index in [4.69, 9.17) is 33.2 Å². The molecule has 4 aliphatic heterocycles. The van der Waals surface area contributed by atoms with Crippen LogP contribution in [0.25, 0.3) is 0 Å². The highest BCUT2D eigenvalue weighted by Gasteiger charge is 2.57. The Morgan fingerprint density at radius 1 is 1.06 bits per heavy atom. The predicted octanol–water partition coefficient (Wildman–Crippen LogP) is 5.25. The van der Waals surface area contributed by atoms with Crippen LogP contribution in [0, 0.1) is 25.2 Å². The van der Waals surface area contributed by atoms with E-state index in [1.165, 1.54) is 6.08 Å². The average molecular weight is 739 g/mol. The van der Waals surface area contributed by atoms with Gasteiger partial charge in [-0.15, -0.1) is 0 Å². The van der Waals surface area contributed by atoms with Gasteiger partial charge in [-0.2, -0.15) is 5.26 Å². The fourth-order valence-electron chi connectivity index (χ4n) is 8.85. The smallest absolute Gasteiger partial charge is 0.493 e. The largest absolute Gasteiger partial charge is 0.514 e. The van der Waals surface area contributed by atoms with E-state index in [0.29, 0.717) is 64.7 Å². The van der Waals surface area contributed by atoms with E-state index in [0.717, 1.165) is 22.3 Å². The van der Waals surface area contributed by atoms with Crippen LogP contribution in [0.15, 0.2) is 49.1 Å². The first-order valence-corrected chi connectivity index (χ1v) is 18.1. The van der Waals surface area contributed by atoms with E-state index in [-0.39, 0.29) is 57.2 Å². The SMILES string of the molecule is C=CCOC(=O)Oc1c(C)c2c(c3c1CC1[C@H]4c5c(cc(C)c(OC)c5OCOC)C[C@@H]([C@H](C#N)N1[C@H]3CNC(=O)CCc1ccccc1)N4C)OCO2. The van der Waals surface area contributed by atoms with Gasteiger partial charge < -0.3 is 38.5 Å². The summed E-state index contributed by atoms with van der Waals surface area (Å²) in [6.07, 6.45) is 2.37. The molecule has 5 atom stereocenters. The van der Waals surface area contributed by atoms with E-state index in [1.54, 1.807) is 14.2 Å². The normalized spacial score (nSPS) is 22.2. The molecule has 1 amide bonds. The Labute approximate surface area is 315 Å². The molecule has 0 spiro atoms. The van der Waals surface area contributed by atoms with E-state index in [2.05, 4.69) is 33.8 Å². The number of amides is 1. The highest BCUT2D eigenvalue weighted by molar-refractivity contribution is 5.77. The Morgan fingerprint density at radius 3 is 2.56 bits per heavy atom. The Balaban J connectivity index is 1.38. The van der Waals surface area contributed by atoms with Crippen LogP contribution in [0.4, 0.5) is 4.79 Å². The minimum atomic E-state index is -0.888. The minimum Gasteiger partial charge on any atom is -0.493 e. The first-order chi connectivity index (χ1) is 26.2. The number of carbonyl (C=O) groups excluding carboxylic acids is 2. The molecule has 2 bridgehead atoms. The quantitative estimate of drug-likeness (QED) is 0.112. The van der Waals surface area contributed by atoms with Crippen molar-refractivity contribution >= 4 is 12.1 Å². The number of methoxy groups -OCH3 is 2. The van der Waals surface area contributed by atoms with Gasteiger partial charge in [0, 0.05) is 54.4 Å². The molecule has 0 saturated carbocycles. The second-order valence-electron chi connectivity index (χ2n) is 14.0. The highest BCUT2D eigenvalue weighted by Crippen LogP contribution is 2.58. The van der Waals surface area contributed by atoms with Crippen LogP contribution >= 0.6 is 0 Å². The summed E-state index contributed by atoms with van der Waals surface area (Å²) in [4.78, 5) is 31.1. The van der Waals surface area contributed by atoms with Crippen molar-refractivity contribution in [3.8, 4) is 34.8 Å². The summed E-state index contributed by atoms with van der Waals surface area (Å²) in [6.45, 7) is 7.55. The maximum absolute atomic E-state index is 13.5. The Bertz CT molecular complexity index is 1980. The number of likely N-dealkylation sites (N-methyl/N-ethyl adjacent to an activating group) is 1. The van der Waals surface area contributed by atoms with Gasteiger partial charge in [-0.05, 0) is 56.8 Å². The molecule has 0 radical (unpaired) electrons. The molecule has 284 valence electrons. The monoisotopic (exact) mass is 738 g/mol. The highest BCUT2D eigenvalue weighted by atomic mass is 16.7. The van der Waals surface area contributed by atoms with Gasteiger partial charge >= 0.3 is 6.16 Å². The number of benzene rings is 3. The van der Waals surface area contributed by atoms with Crippen LogP contribution in [-0.2, 0) is 33.5 Å². The molecule has 13 heteroatoms. The second-order valence-corrected chi connectivity index (χ2v) is 14.0. The molecule has 54 heavy (non-hydrogen) atoms. The van der Waals surface area contributed by atoms with Crippen molar-refractivity contribution in [2.24, 2.45) is 0 Å². The van der Waals surface area contributed by atoms with Crippen LogP contribution < -0.4 is 29.0 Å². The Hall–Kier alpha value is -5.29. The summed E-state index contributed by atoms with van der Waals surface area (Å²) in [5.74, 6) is 2.33. The Kier molecular flexibility index (Phi) is 10.7. The molecule has 1 fully saturated rings. The first kappa shape index (κ1) is 37.0. The maximum atomic E-state index is 13.5. The van der Waals surface area contributed by atoms with Gasteiger partial charge in [0.1, 0.15) is 18.4 Å². The minimum absolute atomic E-state index is 0.00919. The standard InChI is InChI=1S/C41H46N4O9/c1-7-15-50-41(47)54-37-24(3)38-40(53-22-52-38)34-27(37)18-29-35-33-26(16-23(2)36(49-6)39(33)51-21-48-5)17-28(44(35)4)30(19-42)45(29)31(34)20-43-32(46)14-13-25-11-9-8-10-12-25/h7-12,16,28-31,35H,1,13-15,17-18,20-22H2,2-6H3,(H,43,46)/t28-,29?,30-,31-,35-/m0/s1. The van der Waals surface area contributed by atoms with Crippen LogP contribution in [0.2, 0.25) is 0 Å². The number of hydrogen-bond donors (Lipinski definition) is 1. The summed E-state index contributed by atoms with van der Waals surface area (Å²) in [5.41, 5.74) is 5.99. The fourth-order valence-corrected chi connectivity index (χ4v) is 8.85. The molecule has 0 aliphatic carbocycles. The van der Waals surface area contributed by atoms with Crippen LogP contribution in [0.5, 0.6) is 28.7 Å². The zero-order chi connectivity index (χ0) is 38.1. The van der Waals surface area contributed by atoms with Gasteiger partial charge in [-0.25, -0.2) is 4.79 Å². The van der Waals surface area contributed by atoms with Gasteiger partial charge in [0.25, 0.3) is 0 Å². The molecule has 3 aromatic rings. The maximum Gasteiger partial charge on any atom is 0.514 e. The molecule has 4 heterocycles. The third-order valence-corrected chi connectivity index (χ3v) is 11.0. The van der Waals surface area contributed by atoms with Gasteiger partial charge in [0.2, 0.25) is 12.7 Å². The summed E-state index contributed by atoms with van der Waals surface area (Å²) >= 11 is 0. The van der Waals surface area contributed by atoms with E-state index < -0.39 is 18.2 Å². The summed E-state index contributed by atoms with van der Waals surface area (Å²) in [6, 6.07) is 12.6. The number of rotatable bonds is 12. The lowest BCUT2D eigenvalue weighted by Crippen LogP contribution is -2.68. The summed E-state index contributed by atoms with van der Waals surface area (Å²) < 4.78 is 41.1. The molecular formula is C41H46N4O9. The van der Waals surface area contributed by atoms with E-state index in [9.17, 15) is 14.9 Å². The molecule has 1 saturated heterocycles. The third kappa shape index (κ3) is 6.48. The lowest BCUT2D eigenvalue weighted by molar-refractivity contribution is -0.122. The molecule has 1 N–H and O–H groups in total. The van der Waals surface area contributed by atoms with Gasteiger partial charge in [0.15, 0.2) is 29.8 Å². The number of aryl methyl sites for hydroxylation is 2. The summed E-state index contributed by atoms with van der Waals surface area (Å²) in [7, 11) is 5.23. The topological polar surface area (TPSA) is 141 Å². The number of hydrogen-bond acceptors (Lipinski definition) is 12. The number of nitriles is 1. The lowest BCUT2D eigenvalue weighted by atomic mass is 9.71. The summed E-state index contributed by atoms with van der Waals surface area (Å²) in [5, 5.41) is 14.2. The average Bonchev–Trinajstić information content (AvgIpc) is 3.67. The van der Waals surface area contributed by atoms with Crippen LogP contribution in [-0.4, -0.2) is 88.0 Å². The molecule has 13 nitrogen and oxygen atoms in total. The number of piperazine rings is 1. The Morgan fingerprint density at radius 2 is 1.83 bits per heavy atom. The second kappa shape index (κ2) is 15.6. The lowest BCUT2D eigenvalue weighted by Gasteiger charge is -2.60. The van der Waals surface area contributed by atoms with Crippen molar-refractivity contribution in [3.05, 3.63) is 88.0 Å². The molecule has 7 rings (SSSR count). The number of ether oxygens (including phenoxy) is 7. The predicted molar refractivity (Wildman–Crippen MR) is 197 cm³/mol. The fraction of sp³-hybridized carbons (Fsp3) is 0.439. The first-order valence-electron chi connectivity index (χ1n) is 18.1.